The van der Waals surface area contributed by atoms with Gasteiger partial charge in [-0.2, -0.15) is 0 Å². The minimum Gasteiger partial charge on any atom is -0.497 e. The van der Waals surface area contributed by atoms with Crippen molar-refractivity contribution < 1.29 is 23.5 Å². The number of likely N-dealkylation sites (tertiary alicyclic amines) is 2. The quantitative estimate of drug-likeness (QED) is 0.623. The molecule has 1 spiro atoms. The van der Waals surface area contributed by atoms with E-state index in [1.165, 1.54) is 13.2 Å². The molecular weight excluding hydrogens is 375 g/mol. The number of unbranched alkanes of at least 4 members (excludes halogenated alkanes) is 1. The Morgan fingerprint density at radius 2 is 2.10 bits per heavy atom. The lowest BCUT2D eigenvalue weighted by molar-refractivity contribution is -0.147. The number of ether oxygens (including phenoxy) is 2. The standard InChI is InChI=1S/C22H31FN2O4/c1-3-4-12-29-15-20(26)25-11-9-22(16-25)8-5-10-24(21(22)27)14-17-13-18(28-2)6-7-19(17)23/h6-7,13H,3-5,8-12,14-16H2,1-2H3. The van der Waals surface area contributed by atoms with E-state index in [-0.39, 0.29) is 30.8 Å². The van der Waals surface area contributed by atoms with E-state index >= 15 is 0 Å². The maximum atomic E-state index is 14.2. The van der Waals surface area contributed by atoms with Gasteiger partial charge in [-0.05, 0) is 43.9 Å². The molecule has 0 aromatic heterocycles. The Balaban J connectivity index is 1.63. The molecule has 1 unspecified atom stereocenters. The van der Waals surface area contributed by atoms with Crippen LogP contribution in [0.2, 0.25) is 0 Å². The van der Waals surface area contributed by atoms with Crippen molar-refractivity contribution in [3.63, 3.8) is 0 Å². The number of nitrogens with zero attached hydrogens (tertiary/aromatic N) is 2. The molecule has 1 aromatic carbocycles. The predicted molar refractivity (Wildman–Crippen MR) is 107 cm³/mol. The number of piperidine rings is 1. The highest BCUT2D eigenvalue weighted by Gasteiger charge is 2.49. The molecule has 0 radical (unpaired) electrons. The molecule has 7 heteroatoms. The van der Waals surface area contributed by atoms with Crippen LogP contribution in [0.5, 0.6) is 5.75 Å². The van der Waals surface area contributed by atoms with Gasteiger partial charge in [0.1, 0.15) is 18.2 Å². The van der Waals surface area contributed by atoms with Crippen molar-refractivity contribution in [1.29, 1.82) is 0 Å². The summed E-state index contributed by atoms with van der Waals surface area (Å²) in [5.74, 6) is 0.196. The summed E-state index contributed by atoms with van der Waals surface area (Å²) >= 11 is 0. The minimum absolute atomic E-state index is 0.0215. The molecule has 1 aromatic rings. The number of benzene rings is 1. The van der Waals surface area contributed by atoms with Crippen LogP contribution in [0.4, 0.5) is 4.39 Å². The maximum Gasteiger partial charge on any atom is 0.248 e. The number of carbonyl (C=O) groups excluding carboxylic acids is 2. The molecule has 2 heterocycles. The molecule has 160 valence electrons. The molecule has 0 saturated carbocycles. The highest BCUT2D eigenvalue weighted by molar-refractivity contribution is 5.86. The molecule has 2 amide bonds. The number of amides is 2. The number of carbonyl (C=O) groups is 2. The molecule has 2 aliphatic rings. The van der Waals surface area contributed by atoms with Crippen molar-refractivity contribution >= 4 is 11.8 Å². The second-order valence-electron chi connectivity index (χ2n) is 8.04. The van der Waals surface area contributed by atoms with Gasteiger partial charge < -0.3 is 19.3 Å². The van der Waals surface area contributed by atoms with E-state index in [0.29, 0.717) is 44.0 Å². The molecule has 3 rings (SSSR count). The summed E-state index contributed by atoms with van der Waals surface area (Å²) in [7, 11) is 1.54. The largest absolute Gasteiger partial charge is 0.497 e. The SMILES string of the molecule is CCCCOCC(=O)N1CCC2(CCCN(Cc3cc(OC)ccc3F)C2=O)C1. The molecule has 2 saturated heterocycles. The van der Waals surface area contributed by atoms with Crippen molar-refractivity contribution in [3.05, 3.63) is 29.6 Å². The zero-order valence-electron chi connectivity index (χ0n) is 17.4. The lowest BCUT2D eigenvalue weighted by Gasteiger charge is -2.39. The molecule has 0 bridgehead atoms. The van der Waals surface area contributed by atoms with Crippen LogP contribution in [0.1, 0.15) is 44.6 Å². The number of methoxy groups -OCH3 is 1. The third-order valence-electron chi connectivity index (χ3n) is 6.01. The van der Waals surface area contributed by atoms with Gasteiger partial charge in [-0.1, -0.05) is 13.3 Å². The second kappa shape index (κ2) is 9.57. The Morgan fingerprint density at radius 1 is 1.28 bits per heavy atom. The van der Waals surface area contributed by atoms with Crippen LogP contribution >= 0.6 is 0 Å². The van der Waals surface area contributed by atoms with Gasteiger partial charge in [0.25, 0.3) is 0 Å². The van der Waals surface area contributed by atoms with Crippen molar-refractivity contribution in [2.45, 2.75) is 45.6 Å². The average Bonchev–Trinajstić information content (AvgIpc) is 3.15. The fourth-order valence-electron chi connectivity index (χ4n) is 4.27. The molecular formula is C22H31FN2O4. The first-order chi connectivity index (χ1) is 14.0. The van der Waals surface area contributed by atoms with Crippen molar-refractivity contribution in [2.75, 3.05) is 40.0 Å². The third kappa shape index (κ3) is 4.89. The van der Waals surface area contributed by atoms with E-state index < -0.39 is 5.41 Å². The summed E-state index contributed by atoms with van der Waals surface area (Å²) in [6.07, 6.45) is 4.24. The molecule has 29 heavy (non-hydrogen) atoms. The van der Waals surface area contributed by atoms with Gasteiger partial charge in [0, 0.05) is 38.3 Å². The topological polar surface area (TPSA) is 59.1 Å². The van der Waals surface area contributed by atoms with Gasteiger partial charge in [-0.25, -0.2) is 4.39 Å². The number of hydrogen-bond acceptors (Lipinski definition) is 4. The summed E-state index contributed by atoms with van der Waals surface area (Å²) in [6.45, 7) is 4.56. The van der Waals surface area contributed by atoms with Gasteiger partial charge in [0.2, 0.25) is 11.8 Å². The highest BCUT2D eigenvalue weighted by Crippen LogP contribution is 2.40. The smallest absolute Gasteiger partial charge is 0.248 e. The highest BCUT2D eigenvalue weighted by atomic mass is 19.1. The maximum absolute atomic E-state index is 14.2. The Hall–Kier alpha value is -2.15. The summed E-state index contributed by atoms with van der Waals surface area (Å²) in [6, 6.07) is 4.58. The van der Waals surface area contributed by atoms with Crippen LogP contribution in [-0.2, 0) is 20.9 Å². The van der Waals surface area contributed by atoms with E-state index in [1.807, 2.05) is 0 Å². The fraction of sp³-hybridized carbons (Fsp3) is 0.636. The number of halogens is 1. The Labute approximate surface area is 171 Å². The Kier molecular flexibility index (Phi) is 7.11. The lowest BCUT2D eigenvalue weighted by Crippen LogP contribution is -2.50. The Morgan fingerprint density at radius 3 is 2.86 bits per heavy atom. The van der Waals surface area contributed by atoms with E-state index in [0.717, 1.165) is 25.7 Å². The molecule has 0 aliphatic carbocycles. The molecule has 2 fully saturated rings. The van der Waals surface area contributed by atoms with Gasteiger partial charge in [0.05, 0.1) is 12.5 Å². The zero-order chi connectivity index (χ0) is 20.9. The number of rotatable bonds is 8. The first-order valence-corrected chi connectivity index (χ1v) is 10.5. The van der Waals surface area contributed by atoms with Crippen LogP contribution in [-0.4, -0.2) is 61.6 Å². The van der Waals surface area contributed by atoms with Crippen molar-refractivity contribution in [1.82, 2.24) is 9.80 Å². The van der Waals surface area contributed by atoms with E-state index in [9.17, 15) is 14.0 Å². The first-order valence-electron chi connectivity index (χ1n) is 10.5. The molecule has 6 nitrogen and oxygen atoms in total. The van der Waals surface area contributed by atoms with Crippen LogP contribution in [0.25, 0.3) is 0 Å². The zero-order valence-corrected chi connectivity index (χ0v) is 17.4. The summed E-state index contributed by atoms with van der Waals surface area (Å²) in [5.41, 5.74) is -0.0999. The monoisotopic (exact) mass is 406 g/mol. The third-order valence-corrected chi connectivity index (χ3v) is 6.01. The average molecular weight is 406 g/mol. The van der Waals surface area contributed by atoms with Crippen LogP contribution < -0.4 is 4.74 Å². The normalized spacial score (nSPS) is 21.8. The molecule has 1 atom stereocenters. The van der Waals surface area contributed by atoms with Crippen molar-refractivity contribution in [2.24, 2.45) is 5.41 Å². The second-order valence-corrected chi connectivity index (χ2v) is 8.04. The van der Waals surface area contributed by atoms with E-state index in [4.69, 9.17) is 9.47 Å². The summed E-state index contributed by atoms with van der Waals surface area (Å²) in [4.78, 5) is 29.2. The minimum atomic E-state index is -0.549. The van der Waals surface area contributed by atoms with E-state index in [1.54, 1.807) is 21.9 Å². The van der Waals surface area contributed by atoms with Crippen LogP contribution in [0.15, 0.2) is 18.2 Å². The molecule has 2 aliphatic heterocycles. The fourth-order valence-corrected chi connectivity index (χ4v) is 4.27. The van der Waals surface area contributed by atoms with Gasteiger partial charge >= 0.3 is 0 Å². The Bertz CT molecular complexity index is 742. The van der Waals surface area contributed by atoms with Gasteiger partial charge in [-0.15, -0.1) is 0 Å². The number of hydrogen-bond donors (Lipinski definition) is 0. The van der Waals surface area contributed by atoms with Crippen LogP contribution in [0.3, 0.4) is 0 Å². The van der Waals surface area contributed by atoms with Crippen molar-refractivity contribution in [3.8, 4) is 5.75 Å². The molecule has 0 N–H and O–H groups in total. The lowest BCUT2D eigenvalue weighted by atomic mass is 9.78. The van der Waals surface area contributed by atoms with Crippen LogP contribution in [0, 0.1) is 11.2 Å². The summed E-state index contributed by atoms with van der Waals surface area (Å²) in [5, 5.41) is 0. The van der Waals surface area contributed by atoms with E-state index in [2.05, 4.69) is 6.92 Å². The van der Waals surface area contributed by atoms with Gasteiger partial charge in [-0.3, -0.25) is 9.59 Å². The summed E-state index contributed by atoms with van der Waals surface area (Å²) < 4.78 is 24.9. The first kappa shape index (κ1) is 21.6. The van der Waals surface area contributed by atoms with Gasteiger partial charge in [0.15, 0.2) is 0 Å². The predicted octanol–water partition coefficient (Wildman–Crippen LogP) is 2.99.